The fourth-order valence-corrected chi connectivity index (χ4v) is 1.85. The van der Waals surface area contributed by atoms with Gasteiger partial charge in [-0.25, -0.2) is 14.5 Å². The molecule has 3 amide bonds. The Balaban J connectivity index is 2.68. The van der Waals surface area contributed by atoms with Gasteiger partial charge < -0.3 is 16.6 Å². The fraction of sp³-hybridized carbons (Fsp3) is 0.273. The highest BCUT2D eigenvalue weighted by Gasteiger charge is 2.20. The third kappa shape index (κ3) is 4.59. The zero-order valence-corrected chi connectivity index (χ0v) is 11.4. The molecule has 8 heteroatoms. The highest BCUT2D eigenvalue weighted by Crippen LogP contribution is 2.23. The van der Waals surface area contributed by atoms with E-state index in [1.165, 1.54) is 0 Å². The van der Waals surface area contributed by atoms with Crippen molar-refractivity contribution in [2.24, 2.45) is 11.5 Å². The van der Waals surface area contributed by atoms with Gasteiger partial charge in [0.15, 0.2) is 0 Å². The van der Waals surface area contributed by atoms with Crippen molar-refractivity contribution in [2.75, 3.05) is 6.54 Å². The minimum atomic E-state index is -1.43. The number of primary amides is 1. The number of hydrogen-bond acceptors (Lipinski definition) is 3. The second kappa shape index (κ2) is 6.60. The average Bonchev–Trinajstić information content (AvgIpc) is 2.30. The Morgan fingerprint density at radius 1 is 1.32 bits per heavy atom. The number of nitrogens with zero attached hydrogens (tertiary/aromatic N) is 1. The monoisotopic (exact) mass is 305 g/mol. The van der Waals surface area contributed by atoms with Gasteiger partial charge >= 0.3 is 12.1 Å². The van der Waals surface area contributed by atoms with Crippen LogP contribution in [0.15, 0.2) is 18.2 Å². The highest BCUT2D eigenvalue weighted by atomic mass is 35.5. The minimum absolute atomic E-state index is 0.190. The van der Waals surface area contributed by atoms with Crippen LogP contribution >= 0.6 is 23.2 Å². The van der Waals surface area contributed by atoms with Gasteiger partial charge in [0.2, 0.25) is 0 Å². The molecule has 5 N–H and O–H groups in total. The van der Waals surface area contributed by atoms with Crippen LogP contribution in [0.3, 0.4) is 0 Å². The van der Waals surface area contributed by atoms with E-state index in [4.69, 9.17) is 39.8 Å². The topological polar surface area (TPSA) is 110 Å². The van der Waals surface area contributed by atoms with Gasteiger partial charge in [0, 0.05) is 12.6 Å². The summed E-state index contributed by atoms with van der Waals surface area (Å²) in [7, 11) is 0. The number of imide groups is 1. The van der Waals surface area contributed by atoms with Gasteiger partial charge in [-0.15, -0.1) is 0 Å². The Labute approximate surface area is 119 Å². The largest absolute Gasteiger partial charge is 0.465 e. The van der Waals surface area contributed by atoms with Crippen molar-refractivity contribution < 1.29 is 14.7 Å². The number of urea groups is 1. The molecule has 0 unspecified atom stereocenters. The first-order valence-electron chi connectivity index (χ1n) is 5.30. The standard InChI is InChI=1S/C11H13Cl2N3O3/c12-8-2-1-6(4-9(8)13)3-7(14)5-16(10(15)17)11(18)19/h1-2,4,7H,3,5,14H2,(H2,15,17)(H,18,19)/t7-/m1/s1. The number of halogens is 2. The van der Waals surface area contributed by atoms with Crippen molar-refractivity contribution in [3.8, 4) is 0 Å². The van der Waals surface area contributed by atoms with E-state index in [1.54, 1.807) is 18.2 Å². The summed E-state index contributed by atoms with van der Waals surface area (Å²) in [4.78, 5) is 22.1. The molecule has 0 heterocycles. The van der Waals surface area contributed by atoms with Crippen molar-refractivity contribution in [1.29, 1.82) is 0 Å². The molecule has 1 aromatic carbocycles. The van der Waals surface area contributed by atoms with Crippen LogP contribution in [-0.2, 0) is 6.42 Å². The van der Waals surface area contributed by atoms with Gasteiger partial charge in [-0.3, -0.25) is 0 Å². The van der Waals surface area contributed by atoms with Gasteiger partial charge in [0.25, 0.3) is 0 Å². The molecule has 0 saturated heterocycles. The Morgan fingerprint density at radius 2 is 1.95 bits per heavy atom. The van der Waals surface area contributed by atoms with Gasteiger partial charge in [-0.05, 0) is 24.1 Å². The molecular formula is C11H13Cl2N3O3. The second-order valence-electron chi connectivity index (χ2n) is 3.94. The van der Waals surface area contributed by atoms with Gasteiger partial charge in [-0.2, -0.15) is 0 Å². The molecule has 0 fully saturated rings. The van der Waals surface area contributed by atoms with Gasteiger partial charge in [-0.1, -0.05) is 29.3 Å². The summed E-state index contributed by atoms with van der Waals surface area (Å²) >= 11 is 11.6. The number of nitrogens with two attached hydrogens (primary N) is 2. The predicted molar refractivity (Wildman–Crippen MR) is 72.5 cm³/mol. The van der Waals surface area contributed by atoms with E-state index in [0.717, 1.165) is 5.56 Å². The van der Waals surface area contributed by atoms with Crippen molar-refractivity contribution in [1.82, 2.24) is 4.90 Å². The summed E-state index contributed by atoms with van der Waals surface area (Å²) in [5, 5.41) is 9.58. The quantitative estimate of drug-likeness (QED) is 0.789. The molecule has 6 nitrogen and oxygen atoms in total. The molecule has 1 aromatic rings. The molecule has 0 aromatic heterocycles. The number of hydrogen-bond donors (Lipinski definition) is 3. The van der Waals surface area contributed by atoms with Crippen LogP contribution in [-0.4, -0.2) is 34.7 Å². The van der Waals surface area contributed by atoms with Crippen LogP contribution in [0.4, 0.5) is 9.59 Å². The van der Waals surface area contributed by atoms with E-state index >= 15 is 0 Å². The summed E-state index contributed by atoms with van der Waals surface area (Å²) in [5.41, 5.74) is 11.5. The normalized spacial score (nSPS) is 11.9. The minimum Gasteiger partial charge on any atom is -0.465 e. The zero-order chi connectivity index (χ0) is 14.6. The number of rotatable bonds is 4. The Bertz CT molecular complexity index is 482. The van der Waals surface area contributed by atoms with Crippen molar-refractivity contribution in [3.63, 3.8) is 0 Å². The molecule has 19 heavy (non-hydrogen) atoms. The van der Waals surface area contributed by atoms with Crippen LogP contribution in [0.1, 0.15) is 5.56 Å². The lowest BCUT2D eigenvalue weighted by Gasteiger charge is -2.19. The summed E-state index contributed by atoms with van der Waals surface area (Å²) in [6.07, 6.45) is -1.09. The van der Waals surface area contributed by atoms with Crippen LogP contribution in [0.25, 0.3) is 0 Å². The first kappa shape index (κ1) is 15.6. The van der Waals surface area contributed by atoms with Crippen LogP contribution < -0.4 is 11.5 Å². The number of benzene rings is 1. The molecule has 0 spiro atoms. The molecule has 0 saturated carbocycles. The maximum Gasteiger partial charge on any atom is 0.415 e. The molecule has 0 bridgehead atoms. The summed E-state index contributed by atoms with van der Waals surface area (Å²) in [6, 6.07) is 3.34. The molecule has 1 rings (SSSR count). The third-order valence-corrected chi connectivity index (χ3v) is 3.13. The van der Waals surface area contributed by atoms with Crippen molar-refractivity contribution in [3.05, 3.63) is 33.8 Å². The van der Waals surface area contributed by atoms with Crippen molar-refractivity contribution >= 4 is 35.3 Å². The third-order valence-electron chi connectivity index (χ3n) is 2.40. The molecule has 1 atom stereocenters. The molecule has 0 aliphatic rings. The Hall–Kier alpha value is -1.50. The van der Waals surface area contributed by atoms with Crippen LogP contribution in [0.2, 0.25) is 10.0 Å². The maximum absolute atomic E-state index is 10.9. The average molecular weight is 306 g/mol. The lowest BCUT2D eigenvalue weighted by Crippen LogP contribution is -2.47. The Morgan fingerprint density at radius 3 is 2.42 bits per heavy atom. The van der Waals surface area contributed by atoms with E-state index in [-0.39, 0.29) is 6.54 Å². The molecule has 0 aliphatic heterocycles. The summed E-state index contributed by atoms with van der Waals surface area (Å²) in [5.74, 6) is 0. The van der Waals surface area contributed by atoms with E-state index in [2.05, 4.69) is 0 Å². The van der Waals surface area contributed by atoms with Crippen LogP contribution in [0.5, 0.6) is 0 Å². The molecule has 104 valence electrons. The van der Waals surface area contributed by atoms with E-state index < -0.39 is 18.2 Å². The fourth-order valence-electron chi connectivity index (χ4n) is 1.53. The van der Waals surface area contributed by atoms with E-state index in [9.17, 15) is 9.59 Å². The molecule has 0 aliphatic carbocycles. The smallest absolute Gasteiger partial charge is 0.415 e. The van der Waals surface area contributed by atoms with Crippen molar-refractivity contribution in [2.45, 2.75) is 12.5 Å². The Kier molecular flexibility index (Phi) is 5.41. The van der Waals surface area contributed by atoms with Gasteiger partial charge in [0.05, 0.1) is 10.0 Å². The second-order valence-corrected chi connectivity index (χ2v) is 4.76. The summed E-state index contributed by atoms with van der Waals surface area (Å²) < 4.78 is 0. The maximum atomic E-state index is 10.9. The number of carboxylic acid groups (broad SMARTS) is 1. The van der Waals surface area contributed by atoms with Crippen LogP contribution in [0, 0.1) is 0 Å². The highest BCUT2D eigenvalue weighted by molar-refractivity contribution is 6.42. The summed E-state index contributed by atoms with van der Waals surface area (Å²) in [6.45, 7) is -0.190. The lowest BCUT2D eigenvalue weighted by molar-refractivity contribution is 0.149. The lowest BCUT2D eigenvalue weighted by atomic mass is 10.1. The molecular weight excluding hydrogens is 293 g/mol. The van der Waals surface area contributed by atoms with E-state index in [1.807, 2.05) is 0 Å². The zero-order valence-electron chi connectivity index (χ0n) is 9.85. The number of amides is 3. The van der Waals surface area contributed by atoms with Gasteiger partial charge in [0.1, 0.15) is 0 Å². The first-order valence-corrected chi connectivity index (χ1v) is 6.06. The SMILES string of the molecule is NC(=O)N(C[C@H](N)Cc1ccc(Cl)c(Cl)c1)C(=O)O. The number of carbonyl (C=O) groups excluding carboxylic acids is 1. The predicted octanol–water partition coefficient (Wildman–Crippen LogP) is 1.92. The van der Waals surface area contributed by atoms with E-state index in [0.29, 0.717) is 21.4 Å². The number of carbonyl (C=O) groups is 2. The first-order chi connectivity index (χ1) is 8.81. The molecule has 0 radical (unpaired) electrons.